The van der Waals surface area contributed by atoms with Crippen LogP contribution in [0.15, 0.2) is 10.7 Å². The van der Waals surface area contributed by atoms with E-state index in [1.165, 1.54) is 6.92 Å². The first-order valence-corrected chi connectivity index (χ1v) is 3.40. The number of ketones is 1. The normalized spacial score (nSPS) is 11.7. The minimum Gasteiger partial charge on any atom is -0.441 e. The largest absolute Gasteiger partial charge is 0.468 e. The molecule has 0 N–H and O–H groups in total. The van der Waals surface area contributed by atoms with E-state index in [0.29, 0.717) is 0 Å². The van der Waals surface area contributed by atoms with Crippen LogP contribution in [0.4, 0.5) is 13.2 Å². The van der Waals surface area contributed by atoms with Gasteiger partial charge >= 0.3 is 12.1 Å². The van der Waals surface area contributed by atoms with Gasteiger partial charge in [-0.3, -0.25) is 4.79 Å². The Bertz CT molecular complexity index is 316. The number of rotatable bonds is 2. The van der Waals surface area contributed by atoms with Gasteiger partial charge in [0.25, 0.3) is 0 Å². The van der Waals surface area contributed by atoms with Crippen molar-refractivity contribution in [3.63, 3.8) is 0 Å². The van der Waals surface area contributed by atoms with Gasteiger partial charge in [0.15, 0.2) is 0 Å². The fourth-order valence-corrected chi connectivity index (χ4v) is 0.773. The van der Waals surface area contributed by atoms with Crippen LogP contribution in [0, 0.1) is 0 Å². The average Bonchev–Trinajstić information content (AvgIpc) is 2.32. The van der Waals surface area contributed by atoms with Crippen molar-refractivity contribution < 1.29 is 22.4 Å². The summed E-state index contributed by atoms with van der Waals surface area (Å²) >= 11 is 0. The highest BCUT2D eigenvalue weighted by molar-refractivity contribution is 5.77. The van der Waals surface area contributed by atoms with E-state index in [9.17, 15) is 18.0 Å². The van der Waals surface area contributed by atoms with Crippen LogP contribution in [0.3, 0.4) is 0 Å². The van der Waals surface area contributed by atoms with Crippen molar-refractivity contribution in [1.29, 1.82) is 0 Å². The lowest BCUT2D eigenvalue weighted by molar-refractivity contribution is -0.157. The zero-order chi connectivity index (χ0) is 10.1. The van der Waals surface area contributed by atoms with Crippen molar-refractivity contribution >= 4 is 5.78 Å². The third kappa shape index (κ3) is 2.57. The van der Waals surface area contributed by atoms with Crippen molar-refractivity contribution in [2.24, 2.45) is 0 Å². The molecule has 0 aliphatic rings. The predicted octanol–water partition coefficient (Wildman–Crippen LogP) is 1.82. The fourth-order valence-electron chi connectivity index (χ4n) is 0.773. The Morgan fingerprint density at radius 1 is 1.62 bits per heavy atom. The van der Waals surface area contributed by atoms with E-state index in [1.54, 1.807) is 0 Å². The Balaban J connectivity index is 2.81. The van der Waals surface area contributed by atoms with Crippen LogP contribution in [0.25, 0.3) is 0 Å². The molecule has 13 heavy (non-hydrogen) atoms. The summed E-state index contributed by atoms with van der Waals surface area (Å²) in [7, 11) is 0. The molecule has 0 aliphatic heterocycles. The number of carbonyl (C=O) groups excluding carboxylic acids is 1. The molecule has 1 heterocycles. The summed E-state index contributed by atoms with van der Waals surface area (Å²) in [5, 5.41) is 0. The number of alkyl halides is 3. The Labute approximate surface area is 71.6 Å². The minimum absolute atomic E-state index is 0.000162. The van der Waals surface area contributed by atoms with E-state index < -0.39 is 12.1 Å². The first-order chi connectivity index (χ1) is 5.89. The highest BCUT2D eigenvalue weighted by Gasteiger charge is 2.37. The van der Waals surface area contributed by atoms with Crippen LogP contribution in [0.1, 0.15) is 18.5 Å². The third-order valence-corrected chi connectivity index (χ3v) is 1.22. The highest BCUT2D eigenvalue weighted by atomic mass is 19.4. The predicted molar refractivity (Wildman–Crippen MR) is 35.9 cm³/mol. The number of halogens is 3. The lowest BCUT2D eigenvalue weighted by atomic mass is 10.2. The van der Waals surface area contributed by atoms with Gasteiger partial charge in [0.1, 0.15) is 12.0 Å². The molecule has 72 valence electrons. The Hall–Kier alpha value is -1.33. The molecule has 0 unspecified atom stereocenters. The molecule has 1 aromatic rings. The number of carbonyl (C=O) groups is 1. The van der Waals surface area contributed by atoms with Gasteiger partial charge in [0.05, 0.1) is 12.1 Å². The van der Waals surface area contributed by atoms with Crippen molar-refractivity contribution in [1.82, 2.24) is 4.98 Å². The molecule has 0 saturated heterocycles. The van der Waals surface area contributed by atoms with Gasteiger partial charge in [0.2, 0.25) is 0 Å². The lowest BCUT2D eigenvalue weighted by Gasteiger charge is -1.97. The maximum atomic E-state index is 11.9. The van der Waals surface area contributed by atoms with Gasteiger partial charge in [-0.2, -0.15) is 13.2 Å². The summed E-state index contributed by atoms with van der Waals surface area (Å²) in [5.74, 6) is -1.58. The van der Waals surface area contributed by atoms with Crippen molar-refractivity contribution in [2.75, 3.05) is 0 Å². The van der Waals surface area contributed by atoms with Crippen LogP contribution in [0.5, 0.6) is 0 Å². The minimum atomic E-state index is -4.59. The van der Waals surface area contributed by atoms with Gasteiger partial charge in [-0.05, 0) is 6.92 Å². The van der Waals surface area contributed by atoms with E-state index >= 15 is 0 Å². The Morgan fingerprint density at radius 2 is 2.23 bits per heavy atom. The molecule has 0 radical (unpaired) electrons. The van der Waals surface area contributed by atoms with Crippen molar-refractivity contribution in [3.8, 4) is 0 Å². The molecule has 0 fully saturated rings. The van der Waals surface area contributed by atoms with Gasteiger partial charge < -0.3 is 4.42 Å². The van der Waals surface area contributed by atoms with E-state index in [0.717, 1.165) is 6.26 Å². The first-order valence-electron chi connectivity index (χ1n) is 3.40. The number of nitrogens with zero attached hydrogens (tertiary/aromatic N) is 1. The fraction of sp³-hybridized carbons (Fsp3) is 0.429. The quantitative estimate of drug-likeness (QED) is 0.719. The molecular formula is C7H6F3NO2. The monoisotopic (exact) mass is 193 g/mol. The first kappa shape index (κ1) is 9.76. The second-order valence-electron chi connectivity index (χ2n) is 2.52. The smallest absolute Gasteiger partial charge is 0.441 e. The lowest BCUT2D eigenvalue weighted by Crippen LogP contribution is -2.06. The molecule has 6 heteroatoms. The van der Waals surface area contributed by atoms with E-state index in [2.05, 4.69) is 9.40 Å². The second kappa shape index (κ2) is 3.20. The summed E-state index contributed by atoms with van der Waals surface area (Å²) in [4.78, 5) is 13.6. The molecule has 0 amide bonds. The highest BCUT2D eigenvalue weighted by Crippen LogP contribution is 2.28. The number of hydrogen-bond donors (Lipinski definition) is 0. The zero-order valence-corrected chi connectivity index (χ0v) is 6.68. The number of Topliss-reactive ketones (excluding diaryl/α,β-unsaturated/α-hetero) is 1. The van der Waals surface area contributed by atoms with Crippen LogP contribution in [-0.4, -0.2) is 10.8 Å². The summed E-state index contributed by atoms with van der Waals surface area (Å²) in [5.41, 5.74) is -0.000162. The molecule has 1 rings (SSSR count). The number of oxazole rings is 1. The molecule has 0 aromatic carbocycles. The average molecular weight is 193 g/mol. The van der Waals surface area contributed by atoms with E-state index in [4.69, 9.17) is 0 Å². The summed E-state index contributed by atoms with van der Waals surface area (Å²) in [6, 6.07) is 0. The van der Waals surface area contributed by atoms with Crippen LogP contribution in [0.2, 0.25) is 0 Å². The number of aromatic nitrogens is 1. The second-order valence-corrected chi connectivity index (χ2v) is 2.52. The number of hydrogen-bond acceptors (Lipinski definition) is 3. The molecule has 1 aromatic heterocycles. The summed E-state index contributed by atoms with van der Waals surface area (Å²) < 4.78 is 39.8. The van der Waals surface area contributed by atoms with Gasteiger partial charge in [-0.25, -0.2) is 4.98 Å². The maximum Gasteiger partial charge on any atom is 0.468 e. The van der Waals surface area contributed by atoms with E-state index in [1.807, 2.05) is 0 Å². The zero-order valence-electron chi connectivity index (χ0n) is 6.68. The topological polar surface area (TPSA) is 43.1 Å². The molecule has 0 saturated carbocycles. The van der Waals surface area contributed by atoms with E-state index in [-0.39, 0.29) is 17.9 Å². The van der Waals surface area contributed by atoms with Crippen LogP contribution >= 0.6 is 0 Å². The molecule has 0 atom stereocenters. The standard InChI is InChI=1S/C7H6F3NO2/c1-4(12)2-5-3-13-6(11-5)7(8,9)10/h3H,2H2,1H3. The van der Waals surface area contributed by atoms with Crippen LogP contribution < -0.4 is 0 Å². The molecule has 3 nitrogen and oxygen atoms in total. The molecule has 0 spiro atoms. The third-order valence-electron chi connectivity index (χ3n) is 1.22. The van der Waals surface area contributed by atoms with Gasteiger partial charge in [-0.1, -0.05) is 0 Å². The molecule has 0 aliphatic carbocycles. The van der Waals surface area contributed by atoms with Gasteiger partial charge in [-0.15, -0.1) is 0 Å². The Morgan fingerprint density at radius 3 is 2.62 bits per heavy atom. The van der Waals surface area contributed by atoms with Gasteiger partial charge in [0, 0.05) is 0 Å². The van der Waals surface area contributed by atoms with Crippen LogP contribution in [-0.2, 0) is 17.4 Å². The Kier molecular flexibility index (Phi) is 2.40. The molecular weight excluding hydrogens is 187 g/mol. The van der Waals surface area contributed by atoms with Crippen molar-refractivity contribution in [2.45, 2.75) is 19.5 Å². The van der Waals surface area contributed by atoms with Crippen molar-refractivity contribution in [3.05, 3.63) is 17.8 Å². The SMILES string of the molecule is CC(=O)Cc1coc(C(F)(F)F)n1. The molecule has 0 bridgehead atoms. The maximum absolute atomic E-state index is 11.9. The summed E-state index contributed by atoms with van der Waals surface area (Å²) in [6.07, 6.45) is -3.89. The summed E-state index contributed by atoms with van der Waals surface area (Å²) in [6.45, 7) is 1.27.